The summed E-state index contributed by atoms with van der Waals surface area (Å²) in [6.45, 7) is 5.88. The van der Waals surface area contributed by atoms with Crippen LogP contribution in [0.25, 0.3) is 0 Å². The monoisotopic (exact) mass is 390 g/mol. The molecule has 2 rings (SSSR count). The Morgan fingerprint density at radius 3 is 2.89 bits per heavy atom. The van der Waals surface area contributed by atoms with Gasteiger partial charge in [0.25, 0.3) is 0 Å². The van der Waals surface area contributed by atoms with Gasteiger partial charge in [0.05, 0.1) is 6.54 Å². The van der Waals surface area contributed by atoms with Gasteiger partial charge in [0, 0.05) is 20.8 Å². The van der Waals surface area contributed by atoms with Gasteiger partial charge in [-0.15, -0.1) is 0 Å². The molecule has 0 aliphatic carbocycles. The zero-order chi connectivity index (χ0) is 13.8. The minimum atomic E-state index is 0.552. The molecule has 0 amide bonds. The van der Waals surface area contributed by atoms with Crippen LogP contribution < -0.4 is 5.32 Å². The third-order valence-electron chi connectivity index (χ3n) is 2.60. The van der Waals surface area contributed by atoms with E-state index in [-0.39, 0.29) is 0 Å². The Labute approximate surface area is 131 Å². The van der Waals surface area contributed by atoms with Crippen LogP contribution in [0.3, 0.4) is 0 Å². The highest BCUT2D eigenvalue weighted by molar-refractivity contribution is 14.1. The Hall–Kier alpha value is -0.820. The predicted molar refractivity (Wildman–Crippen MR) is 86.4 cm³/mol. The van der Waals surface area contributed by atoms with E-state index in [9.17, 15) is 0 Å². The molecule has 0 unspecified atom stereocenters. The zero-order valence-electron chi connectivity index (χ0n) is 10.9. The molecule has 0 atom stereocenters. The van der Waals surface area contributed by atoms with Crippen molar-refractivity contribution in [2.75, 3.05) is 5.32 Å². The van der Waals surface area contributed by atoms with Gasteiger partial charge in [0.1, 0.15) is 12.2 Å². The number of halogens is 2. The zero-order valence-corrected chi connectivity index (χ0v) is 13.8. The second-order valence-electron chi connectivity index (χ2n) is 4.73. The number of nitrogens with one attached hydrogen (secondary N) is 1. The summed E-state index contributed by atoms with van der Waals surface area (Å²) < 4.78 is 3.04. The van der Waals surface area contributed by atoms with Gasteiger partial charge in [0.15, 0.2) is 0 Å². The lowest BCUT2D eigenvalue weighted by atomic mass is 10.2. The highest BCUT2D eigenvalue weighted by Gasteiger charge is 2.07. The molecule has 2 aromatic rings. The average molecular weight is 391 g/mol. The van der Waals surface area contributed by atoms with Gasteiger partial charge in [-0.3, -0.25) is 0 Å². The number of benzene rings is 1. The molecule has 1 N–H and O–H groups in total. The van der Waals surface area contributed by atoms with Crippen molar-refractivity contribution in [2.24, 2.45) is 5.92 Å². The van der Waals surface area contributed by atoms with Gasteiger partial charge < -0.3 is 5.32 Å². The molecule has 19 heavy (non-hydrogen) atoms. The number of rotatable bonds is 5. The number of anilines is 1. The summed E-state index contributed by atoms with van der Waals surface area (Å²) >= 11 is 8.21. The molecule has 1 aromatic carbocycles. The highest BCUT2D eigenvalue weighted by Crippen LogP contribution is 2.22. The normalized spacial score (nSPS) is 11.0. The summed E-state index contributed by atoms with van der Waals surface area (Å²) in [5.74, 6) is 1.50. The average Bonchev–Trinajstić information content (AvgIpc) is 2.74. The van der Waals surface area contributed by atoms with Crippen molar-refractivity contribution in [1.29, 1.82) is 0 Å². The second kappa shape index (κ2) is 6.56. The first-order valence-electron chi connectivity index (χ1n) is 6.12. The van der Waals surface area contributed by atoms with Crippen molar-refractivity contribution in [3.8, 4) is 0 Å². The van der Waals surface area contributed by atoms with Crippen molar-refractivity contribution in [1.82, 2.24) is 14.8 Å². The molecule has 0 bridgehead atoms. The van der Waals surface area contributed by atoms with E-state index in [0.29, 0.717) is 12.5 Å². The highest BCUT2D eigenvalue weighted by atomic mass is 127. The van der Waals surface area contributed by atoms with E-state index in [1.165, 1.54) is 0 Å². The van der Waals surface area contributed by atoms with Crippen molar-refractivity contribution in [2.45, 2.75) is 26.9 Å². The summed E-state index contributed by atoms with van der Waals surface area (Å²) in [5.41, 5.74) is 1.06. The Kier molecular flexibility index (Phi) is 5.04. The van der Waals surface area contributed by atoms with E-state index < -0.39 is 0 Å². The van der Waals surface area contributed by atoms with Crippen LogP contribution in [-0.4, -0.2) is 14.8 Å². The minimum Gasteiger partial charge on any atom is -0.377 e. The third kappa shape index (κ3) is 4.07. The second-order valence-corrected chi connectivity index (χ2v) is 6.33. The molecule has 4 nitrogen and oxygen atoms in total. The van der Waals surface area contributed by atoms with Gasteiger partial charge in [-0.2, -0.15) is 5.10 Å². The Bertz CT molecular complexity index is 553. The van der Waals surface area contributed by atoms with Gasteiger partial charge in [0.2, 0.25) is 0 Å². The van der Waals surface area contributed by atoms with Crippen LogP contribution in [0.1, 0.15) is 19.7 Å². The number of nitrogens with zero attached hydrogens (tertiary/aromatic N) is 3. The maximum atomic E-state index is 5.94. The Morgan fingerprint density at radius 1 is 1.42 bits per heavy atom. The van der Waals surface area contributed by atoms with E-state index in [1.807, 2.05) is 22.9 Å². The topological polar surface area (TPSA) is 42.7 Å². The largest absolute Gasteiger partial charge is 0.377 e. The standard InChI is InChI=1S/C13H16ClIN4/c1-9(2)7-19-13(17-8-18-19)6-16-12-4-3-10(14)5-11(12)15/h3-5,8-9,16H,6-7H2,1-2H3. The van der Waals surface area contributed by atoms with Crippen LogP contribution >= 0.6 is 34.2 Å². The van der Waals surface area contributed by atoms with E-state index in [0.717, 1.165) is 26.6 Å². The quantitative estimate of drug-likeness (QED) is 0.790. The first kappa shape index (κ1) is 14.6. The van der Waals surface area contributed by atoms with Crippen LogP contribution in [0.15, 0.2) is 24.5 Å². The molecule has 102 valence electrons. The SMILES string of the molecule is CC(C)Cn1ncnc1CNc1ccc(Cl)cc1I. The fourth-order valence-electron chi connectivity index (χ4n) is 1.73. The Morgan fingerprint density at radius 2 is 2.21 bits per heavy atom. The fraction of sp³-hybridized carbons (Fsp3) is 0.385. The lowest BCUT2D eigenvalue weighted by Crippen LogP contribution is -2.13. The number of aromatic nitrogens is 3. The van der Waals surface area contributed by atoms with Crippen molar-refractivity contribution in [3.63, 3.8) is 0 Å². The van der Waals surface area contributed by atoms with E-state index >= 15 is 0 Å². The molecular formula is C13H16ClIN4. The number of hydrogen-bond acceptors (Lipinski definition) is 3. The summed E-state index contributed by atoms with van der Waals surface area (Å²) in [6, 6.07) is 5.79. The molecule has 0 radical (unpaired) electrons. The minimum absolute atomic E-state index is 0.552. The van der Waals surface area contributed by atoms with Crippen molar-refractivity contribution in [3.05, 3.63) is 38.9 Å². The molecule has 0 aliphatic heterocycles. The molecule has 0 saturated carbocycles. The third-order valence-corrected chi connectivity index (χ3v) is 3.73. The molecule has 1 aromatic heterocycles. The summed E-state index contributed by atoms with van der Waals surface area (Å²) in [6.07, 6.45) is 1.60. The molecule has 0 spiro atoms. The lowest BCUT2D eigenvalue weighted by Gasteiger charge is -2.11. The first-order chi connectivity index (χ1) is 9.06. The van der Waals surface area contributed by atoms with Crippen molar-refractivity contribution < 1.29 is 0 Å². The smallest absolute Gasteiger partial charge is 0.146 e. The van der Waals surface area contributed by atoms with Crippen LogP contribution in [0.2, 0.25) is 5.02 Å². The van der Waals surface area contributed by atoms with E-state index in [4.69, 9.17) is 11.6 Å². The van der Waals surface area contributed by atoms with Gasteiger partial charge in [-0.05, 0) is 46.7 Å². The van der Waals surface area contributed by atoms with Crippen molar-refractivity contribution >= 4 is 39.9 Å². The molecule has 0 saturated heterocycles. The van der Waals surface area contributed by atoms with Crippen LogP contribution in [0, 0.1) is 9.49 Å². The summed E-state index contributed by atoms with van der Waals surface area (Å²) in [4.78, 5) is 4.29. The molecule has 6 heteroatoms. The maximum absolute atomic E-state index is 5.94. The van der Waals surface area contributed by atoms with E-state index in [2.05, 4.69) is 51.8 Å². The van der Waals surface area contributed by atoms with E-state index in [1.54, 1.807) is 6.33 Å². The summed E-state index contributed by atoms with van der Waals surface area (Å²) in [5, 5.41) is 8.36. The van der Waals surface area contributed by atoms with Crippen LogP contribution in [0.4, 0.5) is 5.69 Å². The Balaban J connectivity index is 2.04. The lowest BCUT2D eigenvalue weighted by molar-refractivity contribution is 0.468. The summed E-state index contributed by atoms with van der Waals surface area (Å²) in [7, 11) is 0. The predicted octanol–water partition coefficient (Wildman–Crippen LogP) is 3.80. The number of hydrogen-bond donors (Lipinski definition) is 1. The molecular weight excluding hydrogens is 375 g/mol. The molecule has 1 heterocycles. The van der Waals surface area contributed by atoms with Crippen LogP contribution in [-0.2, 0) is 13.1 Å². The van der Waals surface area contributed by atoms with Gasteiger partial charge >= 0.3 is 0 Å². The maximum Gasteiger partial charge on any atom is 0.146 e. The van der Waals surface area contributed by atoms with Gasteiger partial charge in [-0.1, -0.05) is 25.4 Å². The first-order valence-corrected chi connectivity index (χ1v) is 7.57. The van der Waals surface area contributed by atoms with Crippen LogP contribution in [0.5, 0.6) is 0 Å². The van der Waals surface area contributed by atoms with Gasteiger partial charge in [-0.25, -0.2) is 9.67 Å². The molecule has 0 fully saturated rings. The molecule has 0 aliphatic rings. The fourth-order valence-corrected chi connectivity index (χ4v) is 2.79.